The molecule has 3 rings (SSSR count). The van der Waals surface area contributed by atoms with E-state index in [0.717, 1.165) is 37.2 Å². The quantitative estimate of drug-likeness (QED) is 0.745. The van der Waals surface area contributed by atoms with Gasteiger partial charge in [0.1, 0.15) is 5.75 Å². The third-order valence-corrected chi connectivity index (χ3v) is 5.86. The van der Waals surface area contributed by atoms with Crippen molar-refractivity contribution in [3.8, 4) is 5.75 Å². The van der Waals surface area contributed by atoms with Crippen LogP contribution in [0.2, 0.25) is 0 Å². The number of fused-ring (bicyclic) bond motifs is 1. The summed E-state index contributed by atoms with van der Waals surface area (Å²) in [5.41, 5.74) is 0.746. The summed E-state index contributed by atoms with van der Waals surface area (Å²) in [4.78, 5) is 27.2. The first-order valence-electron chi connectivity index (χ1n) is 10.1. The minimum absolute atomic E-state index is 0.0240. The fourth-order valence-corrected chi connectivity index (χ4v) is 3.86. The number of benzene rings is 2. The number of carbonyl (C=O) groups excluding carboxylic acids is 2. The van der Waals surface area contributed by atoms with E-state index >= 15 is 0 Å². The lowest BCUT2D eigenvalue weighted by Crippen LogP contribution is -2.48. The van der Waals surface area contributed by atoms with E-state index < -0.39 is 0 Å². The Balaban J connectivity index is 1.80. The number of hydrogen-bond donors (Lipinski definition) is 2. The lowest BCUT2D eigenvalue weighted by atomic mass is 9.96. The summed E-state index contributed by atoms with van der Waals surface area (Å²) in [6.45, 7) is 9.48. The molecule has 1 aliphatic rings. The van der Waals surface area contributed by atoms with Crippen LogP contribution in [0.3, 0.4) is 0 Å². The molecule has 0 aliphatic carbocycles. The van der Waals surface area contributed by atoms with Crippen molar-refractivity contribution in [2.75, 3.05) is 19.6 Å². The Morgan fingerprint density at radius 1 is 1.25 bits per heavy atom. The van der Waals surface area contributed by atoms with Gasteiger partial charge in [-0.25, -0.2) is 0 Å². The van der Waals surface area contributed by atoms with E-state index in [1.165, 1.54) is 18.9 Å². The molecule has 1 amide bonds. The lowest BCUT2D eigenvalue weighted by molar-refractivity contribution is 0.0892. The molecule has 0 radical (unpaired) electrons. The Bertz CT molecular complexity index is 854. The van der Waals surface area contributed by atoms with Gasteiger partial charge in [-0.2, -0.15) is 0 Å². The first-order valence-corrected chi connectivity index (χ1v) is 10.1. The van der Waals surface area contributed by atoms with Gasteiger partial charge in [-0.1, -0.05) is 26.8 Å². The number of nitrogens with zero attached hydrogens (tertiary/aromatic N) is 1. The lowest BCUT2D eigenvalue weighted by Gasteiger charge is -2.34. The molecule has 0 spiro atoms. The highest BCUT2D eigenvalue weighted by Crippen LogP contribution is 2.25. The molecule has 150 valence electrons. The third kappa shape index (κ3) is 4.53. The predicted molar refractivity (Wildman–Crippen MR) is 112 cm³/mol. The second-order valence-electron chi connectivity index (χ2n) is 8.36. The van der Waals surface area contributed by atoms with E-state index in [4.69, 9.17) is 0 Å². The second-order valence-corrected chi connectivity index (χ2v) is 8.36. The molecule has 5 nitrogen and oxygen atoms in total. The van der Waals surface area contributed by atoms with Crippen molar-refractivity contribution in [3.05, 3.63) is 41.5 Å². The van der Waals surface area contributed by atoms with Crippen LogP contribution in [0.25, 0.3) is 10.8 Å². The topological polar surface area (TPSA) is 69.6 Å². The third-order valence-electron chi connectivity index (χ3n) is 5.86. The summed E-state index contributed by atoms with van der Waals surface area (Å²) in [5.74, 6) is 0.981. The Kier molecular flexibility index (Phi) is 6.35. The molecule has 5 heteroatoms. The van der Waals surface area contributed by atoms with Gasteiger partial charge in [0.05, 0.1) is 5.56 Å². The fourth-order valence-electron chi connectivity index (χ4n) is 3.86. The van der Waals surface area contributed by atoms with Gasteiger partial charge >= 0.3 is 0 Å². The van der Waals surface area contributed by atoms with Gasteiger partial charge in [-0.15, -0.1) is 0 Å². The molecule has 1 atom stereocenters. The molecule has 0 unspecified atom stereocenters. The number of likely N-dealkylation sites (tertiary alicyclic amines) is 1. The van der Waals surface area contributed by atoms with Crippen molar-refractivity contribution in [3.63, 3.8) is 0 Å². The van der Waals surface area contributed by atoms with Gasteiger partial charge in [-0.05, 0) is 72.8 Å². The van der Waals surface area contributed by atoms with Crippen molar-refractivity contribution < 1.29 is 14.7 Å². The first kappa shape index (κ1) is 20.3. The van der Waals surface area contributed by atoms with Gasteiger partial charge < -0.3 is 15.3 Å². The molecule has 1 aliphatic heterocycles. The highest BCUT2D eigenvalue weighted by Gasteiger charge is 2.24. The number of piperidine rings is 1. The summed E-state index contributed by atoms with van der Waals surface area (Å²) in [6, 6.07) is 8.27. The van der Waals surface area contributed by atoms with Crippen LogP contribution >= 0.6 is 0 Å². The van der Waals surface area contributed by atoms with Crippen molar-refractivity contribution in [2.24, 2.45) is 11.8 Å². The molecule has 1 fully saturated rings. The van der Waals surface area contributed by atoms with Gasteiger partial charge in [0.2, 0.25) is 0 Å². The smallest absolute Gasteiger partial charge is 0.252 e. The Morgan fingerprint density at radius 2 is 1.96 bits per heavy atom. The summed E-state index contributed by atoms with van der Waals surface area (Å²) in [7, 11) is 0. The first-order chi connectivity index (χ1) is 13.4. The average molecular weight is 383 g/mol. The number of aldehydes is 1. The van der Waals surface area contributed by atoms with E-state index in [1.807, 2.05) is 0 Å². The SMILES string of the molecule is CC1CCN(C[C@@H](NC(=O)c2ccc3cc(O)ccc3c2C=O)C(C)C)CC1. The molecule has 0 bridgehead atoms. The molecule has 1 heterocycles. The zero-order valence-electron chi connectivity index (χ0n) is 16.9. The van der Waals surface area contributed by atoms with E-state index in [2.05, 4.69) is 31.0 Å². The maximum absolute atomic E-state index is 13.0. The second kappa shape index (κ2) is 8.74. The molecule has 1 saturated heterocycles. The maximum atomic E-state index is 13.0. The van der Waals surface area contributed by atoms with Crippen molar-refractivity contribution in [1.29, 1.82) is 0 Å². The number of phenolic OH excluding ortho intramolecular Hbond substituents is 1. The van der Waals surface area contributed by atoms with Gasteiger partial charge in [-0.3, -0.25) is 9.59 Å². The zero-order chi connectivity index (χ0) is 20.3. The number of carbonyl (C=O) groups is 2. The number of amides is 1. The van der Waals surface area contributed by atoms with Crippen LogP contribution in [0.4, 0.5) is 0 Å². The molecule has 2 aromatic carbocycles. The minimum atomic E-state index is -0.221. The molecule has 28 heavy (non-hydrogen) atoms. The number of rotatable bonds is 6. The van der Waals surface area contributed by atoms with Crippen LogP contribution in [0.5, 0.6) is 5.75 Å². The van der Waals surface area contributed by atoms with E-state index in [9.17, 15) is 14.7 Å². The summed E-state index contributed by atoms with van der Waals surface area (Å²) in [5, 5.41) is 14.2. The normalized spacial score (nSPS) is 17.0. The Morgan fingerprint density at radius 3 is 2.61 bits per heavy atom. The molecule has 0 saturated carbocycles. The van der Waals surface area contributed by atoms with Crippen LogP contribution in [0.1, 0.15) is 54.3 Å². The van der Waals surface area contributed by atoms with Crippen LogP contribution < -0.4 is 5.32 Å². The van der Waals surface area contributed by atoms with E-state index in [1.54, 1.807) is 24.3 Å². The summed E-state index contributed by atoms with van der Waals surface area (Å²) >= 11 is 0. The van der Waals surface area contributed by atoms with Gasteiger partial charge in [0.15, 0.2) is 6.29 Å². The molecular weight excluding hydrogens is 352 g/mol. The summed E-state index contributed by atoms with van der Waals surface area (Å²) in [6.07, 6.45) is 3.13. The minimum Gasteiger partial charge on any atom is -0.508 e. The Hall–Kier alpha value is -2.40. The molecular formula is C23H30N2O3. The van der Waals surface area contributed by atoms with E-state index in [0.29, 0.717) is 22.4 Å². The van der Waals surface area contributed by atoms with Crippen molar-refractivity contribution in [1.82, 2.24) is 10.2 Å². The average Bonchev–Trinajstić information content (AvgIpc) is 2.67. The number of nitrogens with one attached hydrogen (secondary N) is 1. The highest BCUT2D eigenvalue weighted by molar-refractivity contribution is 6.10. The standard InChI is InChI=1S/C23H30N2O3/c1-15(2)22(13-25-10-8-16(3)9-11-25)24-23(28)20-6-4-17-12-18(27)5-7-19(17)21(20)14-26/h4-7,12,14-16,22,27H,8-11,13H2,1-3H3,(H,24,28)/t22-/m1/s1. The Labute approximate surface area is 166 Å². The van der Waals surface area contributed by atoms with E-state index in [-0.39, 0.29) is 17.7 Å². The van der Waals surface area contributed by atoms with Crippen LogP contribution in [0, 0.1) is 11.8 Å². The van der Waals surface area contributed by atoms with Gasteiger partial charge in [0.25, 0.3) is 5.91 Å². The van der Waals surface area contributed by atoms with Gasteiger partial charge in [0, 0.05) is 18.2 Å². The highest BCUT2D eigenvalue weighted by atomic mass is 16.3. The monoisotopic (exact) mass is 382 g/mol. The molecule has 2 aromatic rings. The largest absolute Gasteiger partial charge is 0.508 e. The number of hydrogen-bond acceptors (Lipinski definition) is 4. The molecule has 0 aromatic heterocycles. The number of aromatic hydroxyl groups is 1. The van der Waals surface area contributed by atoms with Crippen LogP contribution in [-0.4, -0.2) is 47.9 Å². The van der Waals surface area contributed by atoms with Crippen LogP contribution in [-0.2, 0) is 0 Å². The zero-order valence-corrected chi connectivity index (χ0v) is 16.9. The molecule has 2 N–H and O–H groups in total. The van der Waals surface area contributed by atoms with Crippen molar-refractivity contribution >= 4 is 23.0 Å². The van der Waals surface area contributed by atoms with Crippen molar-refractivity contribution in [2.45, 2.75) is 39.7 Å². The maximum Gasteiger partial charge on any atom is 0.252 e. The number of phenols is 1. The van der Waals surface area contributed by atoms with Crippen LogP contribution in [0.15, 0.2) is 30.3 Å². The summed E-state index contributed by atoms with van der Waals surface area (Å²) < 4.78 is 0. The fraction of sp³-hybridized carbons (Fsp3) is 0.478. The predicted octanol–water partition coefficient (Wildman–Crippen LogP) is 3.84.